The van der Waals surface area contributed by atoms with Crippen LogP contribution in [0.15, 0.2) is 63.1 Å². The number of carbonyl (C=O) groups is 1. The highest BCUT2D eigenvalue weighted by molar-refractivity contribution is 7.99. The average molecular weight is 420 g/mol. The quantitative estimate of drug-likeness (QED) is 0.555. The van der Waals surface area contributed by atoms with Gasteiger partial charge in [0.15, 0.2) is 0 Å². The third-order valence-corrected chi connectivity index (χ3v) is 5.25. The van der Waals surface area contributed by atoms with E-state index in [0.29, 0.717) is 17.3 Å². The molecule has 0 aliphatic heterocycles. The van der Waals surface area contributed by atoms with Crippen molar-refractivity contribution in [2.75, 3.05) is 18.2 Å². The number of carbonyl (C=O) groups excluding carboxylic acids is 1. The number of nitrogens with two attached hydrogens (primary N) is 1. The van der Waals surface area contributed by atoms with Crippen molar-refractivity contribution >= 4 is 33.4 Å². The maximum Gasteiger partial charge on any atom is 0.277 e. The Morgan fingerprint density at radius 1 is 1.21 bits per heavy atom. The second kappa shape index (κ2) is 8.42. The highest BCUT2D eigenvalue weighted by atomic mass is 32.2. The van der Waals surface area contributed by atoms with Gasteiger partial charge in [-0.05, 0) is 42.5 Å². The predicted octanol–water partition coefficient (Wildman–Crippen LogP) is 2.12. The Hall–Kier alpha value is -2.89. The molecule has 3 N–H and O–H groups in total. The van der Waals surface area contributed by atoms with Gasteiger partial charge in [-0.15, -0.1) is 10.2 Å². The SMILES string of the molecule is COc1ccc(-c2nnc(SCC(=O)Nc3cccc(S(N)(=O)=O)c3)o2)cc1. The van der Waals surface area contributed by atoms with Crippen molar-refractivity contribution in [1.82, 2.24) is 10.2 Å². The van der Waals surface area contributed by atoms with E-state index in [1.165, 1.54) is 18.2 Å². The molecule has 0 atom stereocenters. The monoisotopic (exact) mass is 420 g/mol. The van der Waals surface area contributed by atoms with Crippen molar-refractivity contribution in [1.29, 1.82) is 0 Å². The van der Waals surface area contributed by atoms with Crippen LogP contribution in [-0.2, 0) is 14.8 Å². The molecular formula is C17H16N4O5S2. The van der Waals surface area contributed by atoms with Gasteiger partial charge in [0, 0.05) is 11.3 Å². The van der Waals surface area contributed by atoms with Crippen LogP contribution >= 0.6 is 11.8 Å². The Balaban J connectivity index is 1.59. The number of nitrogens with one attached hydrogen (secondary N) is 1. The van der Waals surface area contributed by atoms with E-state index >= 15 is 0 Å². The van der Waals surface area contributed by atoms with E-state index in [1.807, 2.05) is 0 Å². The second-order valence-electron chi connectivity index (χ2n) is 5.51. The molecule has 0 fully saturated rings. The summed E-state index contributed by atoms with van der Waals surface area (Å²) in [5.74, 6) is 0.678. The Morgan fingerprint density at radius 2 is 1.96 bits per heavy atom. The molecule has 3 rings (SSSR count). The number of hydrogen-bond donors (Lipinski definition) is 2. The number of anilines is 1. The number of methoxy groups -OCH3 is 1. The molecule has 0 bridgehead atoms. The maximum absolute atomic E-state index is 12.1. The molecule has 2 aromatic carbocycles. The van der Waals surface area contributed by atoms with Crippen LogP contribution in [0.5, 0.6) is 5.75 Å². The van der Waals surface area contributed by atoms with Crippen LogP contribution in [-0.4, -0.2) is 37.4 Å². The Kier molecular flexibility index (Phi) is 5.97. The first kappa shape index (κ1) is 19.9. The molecule has 0 radical (unpaired) electrons. The van der Waals surface area contributed by atoms with Gasteiger partial charge in [0.05, 0.1) is 17.8 Å². The Labute approximate surface area is 165 Å². The summed E-state index contributed by atoms with van der Waals surface area (Å²) in [4.78, 5) is 12.0. The zero-order valence-electron chi connectivity index (χ0n) is 14.7. The van der Waals surface area contributed by atoms with Crippen LogP contribution in [0.25, 0.3) is 11.5 Å². The van der Waals surface area contributed by atoms with E-state index in [9.17, 15) is 13.2 Å². The van der Waals surface area contributed by atoms with Crippen molar-refractivity contribution in [2.45, 2.75) is 10.1 Å². The molecule has 146 valence electrons. The lowest BCUT2D eigenvalue weighted by atomic mass is 10.2. The number of aromatic nitrogens is 2. The van der Waals surface area contributed by atoms with E-state index in [0.717, 1.165) is 17.3 Å². The van der Waals surface area contributed by atoms with Gasteiger partial charge in [-0.25, -0.2) is 13.6 Å². The largest absolute Gasteiger partial charge is 0.497 e. The standard InChI is InChI=1S/C17H16N4O5S2/c1-25-13-7-5-11(6-8-13)16-20-21-17(26-16)27-10-15(22)19-12-3-2-4-14(9-12)28(18,23)24/h2-9H,10H2,1H3,(H,19,22)(H2,18,23,24). The van der Waals surface area contributed by atoms with Crippen LogP contribution in [0, 0.1) is 0 Å². The second-order valence-corrected chi connectivity index (χ2v) is 8.00. The summed E-state index contributed by atoms with van der Waals surface area (Å²) in [5.41, 5.74) is 1.05. The molecule has 28 heavy (non-hydrogen) atoms. The summed E-state index contributed by atoms with van der Waals surface area (Å²) >= 11 is 1.06. The highest BCUT2D eigenvalue weighted by Gasteiger charge is 2.13. The van der Waals surface area contributed by atoms with Gasteiger partial charge in [0.2, 0.25) is 21.8 Å². The van der Waals surface area contributed by atoms with Crippen LogP contribution in [0.3, 0.4) is 0 Å². The minimum absolute atomic E-state index is 0.00382. The third kappa shape index (κ3) is 5.09. The topological polar surface area (TPSA) is 137 Å². The number of nitrogens with zero attached hydrogens (tertiary/aromatic N) is 2. The number of sulfonamides is 1. The molecule has 0 saturated carbocycles. The Bertz CT molecular complexity index is 1080. The zero-order valence-corrected chi connectivity index (χ0v) is 16.3. The van der Waals surface area contributed by atoms with Gasteiger partial charge < -0.3 is 14.5 Å². The third-order valence-electron chi connectivity index (χ3n) is 3.52. The van der Waals surface area contributed by atoms with Gasteiger partial charge in [-0.3, -0.25) is 4.79 Å². The molecule has 3 aromatic rings. The molecule has 0 saturated heterocycles. The lowest BCUT2D eigenvalue weighted by Crippen LogP contribution is -2.16. The number of rotatable bonds is 7. The highest BCUT2D eigenvalue weighted by Crippen LogP contribution is 2.25. The summed E-state index contributed by atoms with van der Waals surface area (Å²) in [5, 5.41) is 15.8. The zero-order chi connectivity index (χ0) is 20.1. The van der Waals surface area contributed by atoms with Crippen molar-refractivity contribution in [3.05, 3.63) is 48.5 Å². The van der Waals surface area contributed by atoms with Crippen LogP contribution in [0.2, 0.25) is 0 Å². The van der Waals surface area contributed by atoms with E-state index < -0.39 is 10.0 Å². The fourth-order valence-corrected chi connectivity index (χ4v) is 3.32. The number of ether oxygens (including phenoxy) is 1. The lowest BCUT2D eigenvalue weighted by molar-refractivity contribution is -0.113. The van der Waals surface area contributed by atoms with E-state index in [-0.39, 0.29) is 21.8 Å². The summed E-state index contributed by atoms with van der Waals surface area (Å²) in [7, 11) is -2.27. The minimum Gasteiger partial charge on any atom is -0.497 e. The number of hydrogen-bond acceptors (Lipinski definition) is 8. The van der Waals surface area contributed by atoms with Crippen molar-refractivity contribution < 1.29 is 22.4 Å². The fraction of sp³-hybridized carbons (Fsp3) is 0.118. The molecule has 0 spiro atoms. The molecule has 0 unspecified atom stereocenters. The van der Waals surface area contributed by atoms with Gasteiger partial charge >= 0.3 is 0 Å². The molecule has 9 nitrogen and oxygen atoms in total. The van der Waals surface area contributed by atoms with Crippen LogP contribution in [0.1, 0.15) is 0 Å². The van der Waals surface area contributed by atoms with E-state index in [1.54, 1.807) is 37.4 Å². The fourth-order valence-electron chi connectivity index (χ4n) is 2.19. The number of primary sulfonamides is 1. The number of benzene rings is 2. The van der Waals surface area contributed by atoms with Crippen molar-refractivity contribution in [3.8, 4) is 17.2 Å². The first-order valence-corrected chi connectivity index (χ1v) is 10.4. The smallest absolute Gasteiger partial charge is 0.277 e. The average Bonchev–Trinajstić information content (AvgIpc) is 3.15. The summed E-state index contributed by atoms with van der Waals surface area (Å²) in [6, 6.07) is 12.8. The molecule has 0 aliphatic carbocycles. The van der Waals surface area contributed by atoms with E-state index in [4.69, 9.17) is 14.3 Å². The minimum atomic E-state index is -3.84. The number of amides is 1. The normalized spacial score (nSPS) is 11.2. The maximum atomic E-state index is 12.1. The van der Waals surface area contributed by atoms with Crippen molar-refractivity contribution in [3.63, 3.8) is 0 Å². The lowest BCUT2D eigenvalue weighted by Gasteiger charge is -2.05. The van der Waals surface area contributed by atoms with Gasteiger partial charge in [0.25, 0.3) is 5.22 Å². The summed E-state index contributed by atoms with van der Waals surface area (Å²) in [6.07, 6.45) is 0. The van der Waals surface area contributed by atoms with Crippen molar-refractivity contribution in [2.24, 2.45) is 5.14 Å². The molecule has 11 heteroatoms. The van der Waals surface area contributed by atoms with Gasteiger partial charge in [0.1, 0.15) is 5.75 Å². The number of thioether (sulfide) groups is 1. The van der Waals surface area contributed by atoms with Crippen LogP contribution < -0.4 is 15.2 Å². The molecular weight excluding hydrogens is 404 g/mol. The molecule has 1 amide bonds. The van der Waals surface area contributed by atoms with Crippen LogP contribution in [0.4, 0.5) is 5.69 Å². The van der Waals surface area contributed by atoms with Gasteiger partial charge in [-0.2, -0.15) is 0 Å². The van der Waals surface area contributed by atoms with E-state index in [2.05, 4.69) is 15.5 Å². The van der Waals surface area contributed by atoms with Gasteiger partial charge in [-0.1, -0.05) is 17.8 Å². The molecule has 1 heterocycles. The Morgan fingerprint density at radius 3 is 2.64 bits per heavy atom. The summed E-state index contributed by atoms with van der Waals surface area (Å²) in [6.45, 7) is 0. The predicted molar refractivity (Wildman–Crippen MR) is 103 cm³/mol. The molecule has 1 aromatic heterocycles. The first-order valence-electron chi connectivity index (χ1n) is 7.88. The molecule has 0 aliphatic rings. The summed E-state index contributed by atoms with van der Waals surface area (Å²) < 4.78 is 33.4. The first-order chi connectivity index (χ1) is 13.3.